The molecule has 0 radical (unpaired) electrons. The molecule has 0 bridgehead atoms. The maximum absolute atomic E-state index is 6.61. The number of rotatable bonds is 15. The SMILES string of the molecule is CN(CCCCc1nc2cc(C(C)(C)C)ccc2n1COCC[Si](C)(C)C)C[C@H]1C[C@@H](n2ccc3c(CC4CC4)ncnc32)[C@@H]2OC(C)(C)O[C@H]12. The van der Waals surface area contributed by atoms with Crippen LogP contribution in [0.1, 0.15) is 89.8 Å². The zero-order valence-corrected chi connectivity index (χ0v) is 33.7. The van der Waals surface area contributed by atoms with Crippen molar-refractivity contribution in [2.24, 2.45) is 11.8 Å². The molecular formula is C41H62N6O3Si. The molecule has 0 amide bonds. The molecule has 4 aromatic rings. The van der Waals surface area contributed by atoms with Crippen LogP contribution in [0.4, 0.5) is 0 Å². The Kier molecular flexibility index (Phi) is 10.3. The van der Waals surface area contributed by atoms with Crippen molar-refractivity contribution in [3.63, 3.8) is 0 Å². The molecule has 51 heavy (non-hydrogen) atoms. The van der Waals surface area contributed by atoms with Crippen LogP contribution in [0.2, 0.25) is 25.7 Å². The summed E-state index contributed by atoms with van der Waals surface area (Å²) < 4.78 is 24.2. The molecular weight excluding hydrogens is 653 g/mol. The van der Waals surface area contributed by atoms with E-state index >= 15 is 0 Å². The molecule has 2 saturated carbocycles. The van der Waals surface area contributed by atoms with Crippen molar-refractivity contribution in [2.45, 2.75) is 141 Å². The molecule has 7 rings (SSSR count). The van der Waals surface area contributed by atoms with E-state index in [1.165, 1.54) is 41.0 Å². The van der Waals surface area contributed by atoms with Gasteiger partial charge in [-0.25, -0.2) is 15.0 Å². The highest BCUT2D eigenvalue weighted by Crippen LogP contribution is 2.48. The van der Waals surface area contributed by atoms with E-state index < -0.39 is 13.9 Å². The highest BCUT2D eigenvalue weighted by Gasteiger charge is 2.54. The third kappa shape index (κ3) is 8.46. The van der Waals surface area contributed by atoms with Crippen LogP contribution in [0.5, 0.6) is 0 Å². The Morgan fingerprint density at radius 1 is 1.04 bits per heavy atom. The van der Waals surface area contributed by atoms with Gasteiger partial charge in [0, 0.05) is 45.1 Å². The standard InChI is InChI=1S/C41H62N6O3Si/c1-40(2,3)30-15-16-34-33(24-30)44-36(47(34)27-48-20-21-51(7,8)9)12-10-11-18-45(6)25-29-23-35(38-37(29)49-41(4,5)50-38)46-19-17-31-32(22-28-13-14-28)42-26-43-39(31)46/h15-17,19,24,26,28-29,35,37-38H,10-14,18,20-23,25,27H2,1-9H3/t29-,35-,37-,38+/m1/s1. The summed E-state index contributed by atoms with van der Waals surface area (Å²) in [5.74, 6) is 1.72. The van der Waals surface area contributed by atoms with Gasteiger partial charge in [0.15, 0.2) is 5.79 Å². The summed E-state index contributed by atoms with van der Waals surface area (Å²) in [6, 6.07) is 10.4. The summed E-state index contributed by atoms with van der Waals surface area (Å²) in [6.45, 7) is 21.5. The molecule has 2 aliphatic carbocycles. The average molecular weight is 715 g/mol. The third-order valence-corrected chi connectivity index (χ3v) is 13.0. The Labute approximate surface area is 306 Å². The smallest absolute Gasteiger partial charge is 0.163 e. The van der Waals surface area contributed by atoms with E-state index in [2.05, 4.69) is 111 Å². The highest BCUT2D eigenvalue weighted by atomic mass is 28.3. The molecule has 0 N–H and O–H groups in total. The number of imidazole rings is 1. The van der Waals surface area contributed by atoms with Gasteiger partial charge in [-0.2, -0.15) is 0 Å². The van der Waals surface area contributed by atoms with Crippen LogP contribution in [0.25, 0.3) is 22.1 Å². The van der Waals surface area contributed by atoms with Crippen molar-refractivity contribution in [3.8, 4) is 0 Å². The lowest BCUT2D eigenvalue weighted by Gasteiger charge is -2.27. The van der Waals surface area contributed by atoms with Crippen LogP contribution in [-0.2, 0) is 39.2 Å². The van der Waals surface area contributed by atoms with E-state index in [9.17, 15) is 0 Å². The first-order valence-electron chi connectivity index (χ1n) is 19.6. The summed E-state index contributed by atoms with van der Waals surface area (Å²) in [5.41, 5.74) is 5.89. The quantitative estimate of drug-likeness (QED) is 0.0905. The Morgan fingerprint density at radius 3 is 2.57 bits per heavy atom. The minimum atomic E-state index is -1.15. The van der Waals surface area contributed by atoms with Crippen molar-refractivity contribution < 1.29 is 14.2 Å². The maximum Gasteiger partial charge on any atom is 0.163 e. The lowest BCUT2D eigenvalue weighted by molar-refractivity contribution is -0.160. The predicted octanol–water partition coefficient (Wildman–Crippen LogP) is 8.38. The van der Waals surface area contributed by atoms with E-state index in [1.807, 2.05) is 0 Å². The molecule has 4 atom stereocenters. The number of unbranched alkanes of at least 4 members (excludes halogenated alkanes) is 1. The molecule has 10 heteroatoms. The van der Waals surface area contributed by atoms with Gasteiger partial charge >= 0.3 is 0 Å². The van der Waals surface area contributed by atoms with Crippen LogP contribution in [0.15, 0.2) is 36.8 Å². The van der Waals surface area contributed by atoms with Crippen LogP contribution in [0.3, 0.4) is 0 Å². The summed E-state index contributed by atoms with van der Waals surface area (Å²) in [7, 11) is 1.12. The number of hydrogen-bond acceptors (Lipinski definition) is 7. The van der Waals surface area contributed by atoms with E-state index in [0.717, 1.165) is 74.7 Å². The number of aromatic nitrogens is 5. The number of nitrogens with zero attached hydrogens (tertiary/aromatic N) is 6. The van der Waals surface area contributed by atoms with Gasteiger partial charge < -0.3 is 28.2 Å². The summed E-state index contributed by atoms with van der Waals surface area (Å²) in [6.07, 6.45) is 11.9. The second-order valence-corrected chi connectivity index (χ2v) is 24.2. The number of fused-ring (bicyclic) bond motifs is 3. The normalized spacial score (nSPS) is 23.6. The molecule has 0 unspecified atom stereocenters. The highest BCUT2D eigenvalue weighted by molar-refractivity contribution is 6.76. The van der Waals surface area contributed by atoms with E-state index in [-0.39, 0.29) is 23.7 Å². The van der Waals surface area contributed by atoms with Crippen LogP contribution < -0.4 is 0 Å². The molecule has 278 valence electrons. The minimum Gasteiger partial charge on any atom is -0.361 e. The maximum atomic E-state index is 6.61. The number of hydrogen-bond donors (Lipinski definition) is 0. The fraction of sp³-hybridized carbons (Fsp3) is 0.683. The number of ether oxygens (including phenoxy) is 3. The Morgan fingerprint density at radius 2 is 1.82 bits per heavy atom. The van der Waals surface area contributed by atoms with E-state index in [0.29, 0.717) is 12.6 Å². The summed E-state index contributed by atoms with van der Waals surface area (Å²) in [4.78, 5) is 17.1. The Balaban J connectivity index is 0.987. The minimum absolute atomic E-state index is 0.00982. The summed E-state index contributed by atoms with van der Waals surface area (Å²) in [5, 5.41) is 1.20. The molecule has 1 aromatic carbocycles. The molecule has 9 nitrogen and oxygen atoms in total. The van der Waals surface area contributed by atoms with Gasteiger partial charge in [-0.3, -0.25) is 0 Å². The lowest BCUT2D eigenvalue weighted by atomic mass is 9.87. The molecule has 1 aliphatic heterocycles. The van der Waals surface area contributed by atoms with E-state index in [1.54, 1.807) is 6.33 Å². The second-order valence-electron chi connectivity index (χ2n) is 18.5. The lowest BCUT2D eigenvalue weighted by Crippen LogP contribution is -2.34. The van der Waals surface area contributed by atoms with Crippen LogP contribution >= 0.6 is 0 Å². The van der Waals surface area contributed by atoms with Gasteiger partial charge in [-0.05, 0) is 107 Å². The molecule has 3 fully saturated rings. The first-order chi connectivity index (χ1) is 24.1. The number of benzene rings is 1. The van der Waals surface area contributed by atoms with Crippen molar-refractivity contribution in [1.29, 1.82) is 0 Å². The van der Waals surface area contributed by atoms with Crippen molar-refractivity contribution >= 4 is 30.1 Å². The van der Waals surface area contributed by atoms with Gasteiger partial charge in [0.2, 0.25) is 0 Å². The van der Waals surface area contributed by atoms with Gasteiger partial charge in [0.05, 0.1) is 28.9 Å². The van der Waals surface area contributed by atoms with Gasteiger partial charge in [-0.1, -0.05) is 46.5 Å². The Hall–Kier alpha value is -2.63. The van der Waals surface area contributed by atoms with Crippen LogP contribution in [-0.4, -0.2) is 81.8 Å². The molecule has 4 heterocycles. The van der Waals surface area contributed by atoms with Crippen LogP contribution in [0, 0.1) is 11.8 Å². The molecule has 3 aliphatic rings. The van der Waals surface area contributed by atoms with Crippen molar-refractivity contribution in [3.05, 3.63) is 53.9 Å². The topological polar surface area (TPSA) is 79.5 Å². The van der Waals surface area contributed by atoms with E-state index in [4.69, 9.17) is 24.2 Å². The first kappa shape index (κ1) is 36.7. The zero-order chi connectivity index (χ0) is 36.1. The van der Waals surface area contributed by atoms with Gasteiger partial charge in [-0.15, -0.1) is 0 Å². The largest absolute Gasteiger partial charge is 0.361 e. The monoisotopic (exact) mass is 714 g/mol. The second kappa shape index (κ2) is 14.3. The van der Waals surface area contributed by atoms with Gasteiger partial charge in [0.25, 0.3) is 0 Å². The first-order valence-corrected chi connectivity index (χ1v) is 23.3. The summed E-state index contributed by atoms with van der Waals surface area (Å²) >= 11 is 0. The number of aryl methyl sites for hydroxylation is 1. The Bertz CT molecular complexity index is 1820. The third-order valence-electron chi connectivity index (χ3n) is 11.3. The predicted molar refractivity (Wildman–Crippen MR) is 208 cm³/mol. The zero-order valence-electron chi connectivity index (χ0n) is 32.7. The van der Waals surface area contributed by atoms with Crippen molar-refractivity contribution in [2.75, 3.05) is 26.7 Å². The van der Waals surface area contributed by atoms with Gasteiger partial charge in [0.1, 0.15) is 30.6 Å². The average Bonchev–Trinajstić information content (AvgIpc) is 3.36. The fourth-order valence-corrected chi connectivity index (χ4v) is 8.99. The molecule has 1 saturated heterocycles. The van der Waals surface area contributed by atoms with Crippen molar-refractivity contribution in [1.82, 2.24) is 29.0 Å². The molecule has 3 aromatic heterocycles. The fourth-order valence-electron chi connectivity index (χ4n) is 8.23. The molecule has 0 spiro atoms.